The highest BCUT2D eigenvalue weighted by molar-refractivity contribution is 5.25. The molecule has 108 valence electrons. The van der Waals surface area contributed by atoms with Gasteiger partial charge in [-0.05, 0) is 12.0 Å². The van der Waals surface area contributed by atoms with Crippen molar-refractivity contribution >= 4 is 0 Å². The minimum absolute atomic E-state index is 0.0318. The van der Waals surface area contributed by atoms with Crippen molar-refractivity contribution < 1.29 is 0 Å². The summed E-state index contributed by atoms with van der Waals surface area (Å²) in [4.78, 5) is 6.64. The summed E-state index contributed by atoms with van der Waals surface area (Å²) >= 11 is 0. The third kappa shape index (κ3) is 2.67. The monoisotopic (exact) mass is 281 g/mol. The van der Waals surface area contributed by atoms with E-state index in [-0.39, 0.29) is 17.9 Å². The lowest BCUT2D eigenvalue weighted by molar-refractivity contribution is 0.224. The van der Waals surface area contributed by atoms with Crippen LogP contribution < -0.4 is 0 Å². The Morgan fingerprint density at radius 2 is 2.19 bits per heavy atom. The Morgan fingerprint density at radius 3 is 2.81 bits per heavy atom. The summed E-state index contributed by atoms with van der Waals surface area (Å²) in [7, 11) is 0. The van der Waals surface area contributed by atoms with Crippen molar-refractivity contribution in [3.05, 3.63) is 48.0 Å². The molecule has 5 nitrogen and oxygen atoms in total. The molecule has 5 heteroatoms. The van der Waals surface area contributed by atoms with Gasteiger partial charge in [0, 0.05) is 19.0 Å². The number of aromatic nitrogens is 3. The molecule has 21 heavy (non-hydrogen) atoms. The van der Waals surface area contributed by atoms with Crippen LogP contribution in [0.15, 0.2) is 36.7 Å². The molecular formula is C16H19N5. The standard InChI is InChI=1S/C16H19N5/c1-2-15(16-18-11-19-20-16)21-9-13(8-17)14(10-21)12-6-4-3-5-7-12/h3-7,11,13-15H,2,9-10H2,1H3,(H,18,19,20)/t13-,14+,15?/m1/s1. The molecular weight excluding hydrogens is 262 g/mol. The maximum absolute atomic E-state index is 9.49. The Labute approximate surface area is 124 Å². The van der Waals surface area contributed by atoms with E-state index in [9.17, 15) is 5.26 Å². The number of aromatic amines is 1. The lowest BCUT2D eigenvalue weighted by Crippen LogP contribution is -2.27. The molecule has 1 saturated heterocycles. The van der Waals surface area contributed by atoms with E-state index >= 15 is 0 Å². The van der Waals surface area contributed by atoms with Gasteiger partial charge in [-0.1, -0.05) is 37.3 Å². The number of nitrogens with one attached hydrogen (secondary N) is 1. The van der Waals surface area contributed by atoms with Crippen LogP contribution >= 0.6 is 0 Å². The van der Waals surface area contributed by atoms with Crippen molar-refractivity contribution in [2.75, 3.05) is 13.1 Å². The first-order valence-electron chi connectivity index (χ1n) is 7.37. The van der Waals surface area contributed by atoms with Crippen molar-refractivity contribution in [1.29, 1.82) is 5.26 Å². The molecule has 0 amide bonds. The fraction of sp³-hybridized carbons (Fsp3) is 0.438. The minimum atomic E-state index is 0.0318. The zero-order chi connectivity index (χ0) is 14.7. The van der Waals surface area contributed by atoms with Gasteiger partial charge in [-0.2, -0.15) is 10.4 Å². The minimum Gasteiger partial charge on any atom is -0.291 e. The zero-order valence-electron chi connectivity index (χ0n) is 12.1. The summed E-state index contributed by atoms with van der Waals surface area (Å²) in [5.74, 6) is 1.19. The number of nitrogens with zero attached hydrogens (tertiary/aromatic N) is 4. The molecule has 1 fully saturated rings. The fourth-order valence-electron chi connectivity index (χ4n) is 3.26. The van der Waals surface area contributed by atoms with Crippen LogP contribution in [-0.4, -0.2) is 33.2 Å². The summed E-state index contributed by atoms with van der Waals surface area (Å²) in [5, 5.41) is 16.4. The van der Waals surface area contributed by atoms with Gasteiger partial charge < -0.3 is 0 Å². The number of nitriles is 1. The predicted molar refractivity (Wildman–Crippen MR) is 79.3 cm³/mol. The number of benzene rings is 1. The van der Waals surface area contributed by atoms with Gasteiger partial charge >= 0.3 is 0 Å². The third-order valence-corrected chi connectivity index (χ3v) is 4.32. The summed E-state index contributed by atoms with van der Waals surface area (Å²) in [6.07, 6.45) is 2.50. The number of H-pyrrole nitrogens is 1. The van der Waals surface area contributed by atoms with E-state index in [0.29, 0.717) is 0 Å². The molecule has 1 unspecified atom stereocenters. The normalized spacial score (nSPS) is 23.8. The van der Waals surface area contributed by atoms with Gasteiger partial charge in [-0.15, -0.1) is 0 Å². The van der Waals surface area contributed by atoms with Crippen LogP contribution in [0, 0.1) is 17.2 Å². The smallest absolute Gasteiger partial charge is 0.141 e. The average Bonchev–Trinajstić information content (AvgIpc) is 3.19. The molecule has 1 N–H and O–H groups in total. The Bertz CT molecular complexity index is 601. The fourth-order valence-corrected chi connectivity index (χ4v) is 3.26. The Balaban J connectivity index is 1.82. The molecule has 3 rings (SSSR count). The molecule has 2 aromatic rings. The van der Waals surface area contributed by atoms with Crippen LogP contribution in [0.1, 0.15) is 36.7 Å². The number of hydrogen-bond donors (Lipinski definition) is 1. The number of hydrogen-bond acceptors (Lipinski definition) is 4. The van der Waals surface area contributed by atoms with Crippen LogP contribution in [0.4, 0.5) is 0 Å². The second-order valence-electron chi connectivity index (χ2n) is 5.50. The Kier molecular flexibility index (Phi) is 3.98. The van der Waals surface area contributed by atoms with Gasteiger partial charge in [0.25, 0.3) is 0 Å². The van der Waals surface area contributed by atoms with Gasteiger partial charge in [-0.25, -0.2) is 4.98 Å². The van der Waals surface area contributed by atoms with E-state index in [0.717, 1.165) is 25.3 Å². The maximum atomic E-state index is 9.49. The summed E-state index contributed by atoms with van der Waals surface area (Å²) in [6, 6.07) is 13.0. The van der Waals surface area contributed by atoms with Crippen molar-refractivity contribution in [3.8, 4) is 6.07 Å². The first kappa shape index (κ1) is 13.8. The first-order valence-corrected chi connectivity index (χ1v) is 7.37. The molecule has 1 aliphatic rings. The second kappa shape index (κ2) is 6.06. The van der Waals surface area contributed by atoms with Crippen molar-refractivity contribution in [2.24, 2.45) is 5.92 Å². The SMILES string of the molecule is CCC(c1ncn[nH]1)N1C[C@@H](C#N)[C@H](c2ccccc2)C1. The quantitative estimate of drug-likeness (QED) is 0.935. The molecule has 1 aliphatic heterocycles. The van der Waals surface area contributed by atoms with Crippen LogP contribution in [-0.2, 0) is 0 Å². The van der Waals surface area contributed by atoms with Crippen LogP contribution in [0.5, 0.6) is 0 Å². The number of rotatable bonds is 4. The molecule has 3 atom stereocenters. The lowest BCUT2D eigenvalue weighted by Gasteiger charge is -2.24. The van der Waals surface area contributed by atoms with E-state index in [1.807, 2.05) is 18.2 Å². The highest BCUT2D eigenvalue weighted by Gasteiger charge is 2.37. The first-order chi connectivity index (χ1) is 10.3. The highest BCUT2D eigenvalue weighted by Crippen LogP contribution is 2.37. The predicted octanol–water partition coefficient (Wildman–Crippen LogP) is 2.49. The van der Waals surface area contributed by atoms with Crippen molar-refractivity contribution in [3.63, 3.8) is 0 Å². The molecule has 1 aromatic heterocycles. The molecule has 0 saturated carbocycles. The van der Waals surface area contributed by atoms with E-state index in [2.05, 4.69) is 45.2 Å². The van der Waals surface area contributed by atoms with Gasteiger partial charge in [0.2, 0.25) is 0 Å². The molecule has 0 aliphatic carbocycles. The topological polar surface area (TPSA) is 68.6 Å². The van der Waals surface area contributed by atoms with Crippen LogP contribution in [0.2, 0.25) is 0 Å². The summed E-state index contributed by atoms with van der Waals surface area (Å²) in [5.41, 5.74) is 1.25. The molecule has 0 radical (unpaired) electrons. The third-order valence-electron chi connectivity index (χ3n) is 4.32. The lowest BCUT2D eigenvalue weighted by atomic mass is 9.90. The van der Waals surface area contributed by atoms with Gasteiger partial charge in [0.15, 0.2) is 0 Å². The molecule has 0 bridgehead atoms. The van der Waals surface area contributed by atoms with Gasteiger partial charge in [0.1, 0.15) is 12.2 Å². The Morgan fingerprint density at radius 1 is 1.38 bits per heavy atom. The van der Waals surface area contributed by atoms with Crippen LogP contribution in [0.3, 0.4) is 0 Å². The molecule has 0 spiro atoms. The summed E-state index contributed by atoms with van der Waals surface area (Å²) in [6.45, 7) is 3.82. The number of likely N-dealkylation sites (tertiary alicyclic amines) is 1. The van der Waals surface area contributed by atoms with Gasteiger partial charge in [-0.3, -0.25) is 10.00 Å². The largest absolute Gasteiger partial charge is 0.291 e. The maximum Gasteiger partial charge on any atom is 0.141 e. The Hall–Kier alpha value is -2.19. The average molecular weight is 281 g/mol. The zero-order valence-corrected chi connectivity index (χ0v) is 12.1. The van der Waals surface area contributed by atoms with Crippen LogP contribution in [0.25, 0.3) is 0 Å². The van der Waals surface area contributed by atoms with E-state index in [1.165, 1.54) is 5.56 Å². The molecule has 1 aromatic carbocycles. The molecule has 2 heterocycles. The van der Waals surface area contributed by atoms with Gasteiger partial charge in [0.05, 0.1) is 18.0 Å². The second-order valence-corrected chi connectivity index (χ2v) is 5.50. The van der Waals surface area contributed by atoms with E-state index < -0.39 is 0 Å². The van der Waals surface area contributed by atoms with E-state index in [1.54, 1.807) is 6.33 Å². The van der Waals surface area contributed by atoms with Crippen molar-refractivity contribution in [2.45, 2.75) is 25.3 Å². The summed E-state index contributed by atoms with van der Waals surface area (Å²) < 4.78 is 0. The van der Waals surface area contributed by atoms with E-state index in [4.69, 9.17) is 0 Å². The highest BCUT2D eigenvalue weighted by atomic mass is 15.3. The van der Waals surface area contributed by atoms with Crippen molar-refractivity contribution in [1.82, 2.24) is 20.1 Å².